The molecule has 1 amide bonds. The lowest BCUT2D eigenvalue weighted by Gasteiger charge is -2.30. The lowest BCUT2D eigenvalue weighted by molar-refractivity contribution is 0.0988. The van der Waals surface area contributed by atoms with Gasteiger partial charge in [0.25, 0.3) is 5.91 Å². The van der Waals surface area contributed by atoms with Crippen molar-refractivity contribution >= 4 is 41.0 Å². The van der Waals surface area contributed by atoms with E-state index in [1.165, 1.54) is 11.3 Å². The maximum atomic E-state index is 12.7. The molecule has 2 N–H and O–H groups in total. The highest BCUT2D eigenvalue weighted by atomic mass is 35.5. The third-order valence-electron chi connectivity index (χ3n) is 3.59. The van der Waals surface area contributed by atoms with E-state index in [0.717, 1.165) is 46.8 Å². The topological polar surface area (TPSA) is 46.3 Å². The Labute approximate surface area is 128 Å². The minimum atomic E-state index is 0. The molecule has 1 aromatic heterocycles. The van der Waals surface area contributed by atoms with Crippen molar-refractivity contribution in [3.63, 3.8) is 0 Å². The molecule has 0 atom stereocenters. The Balaban J connectivity index is 0.00000147. The molecule has 0 saturated heterocycles. The van der Waals surface area contributed by atoms with Crippen molar-refractivity contribution < 1.29 is 4.79 Å². The van der Waals surface area contributed by atoms with Crippen LogP contribution in [0.1, 0.15) is 27.2 Å². The van der Waals surface area contributed by atoms with E-state index in [4.69, 9.17) is 5.73 Å². The molecule has 5 heteroatoms. The van der Waals surface area contributed by atoms with Crippen LogP contribution < -0.4 is 10.6 Å². The molecular formula is C15H17ClN2OS. The smallest absolute Gasteiger partial charge is 0.268 e. The zero-order valence-electron chi connectivity index (χ0n) is 11.3. The predicted molar refractivity (Wildman–Crippen MR) is 87.2 cm³/mol. The van der Waals surface area contributed by atoms with Gasteiger partial charge in [0.2, 0.25) is 0 Å². The molecule has 3 nitrogen and oxygen atoms in total. The average Bonchev–Trinajstić information content (AvgIpc) is 2.84. The van der Waals surface area contributed by atoms with Crippen LogP contribution in [0.25, 0.3) is 0 Å². The standard InChI is InChI=1S/C15H16N2OS.ClH/c1-10-7-9-19-14(10)15(18)17-8-3-4-11-12(16)5-2-6-13(11)17;/h2,5-7,9H,3-4,8,16H2,1H3;1H. The minimum Gasteiger partial charge on any atom is -0.398 e. The number of anilines is 2. The predicted octanol–water partition coefficient (Wildman–Crippen LogP) is 3.65. The van der Waals surface area contributed by atoms with Crippen molar-refractivity contribution in [2.75, 3.05) is 17.2 Å². The fourth-order valence-electron chi connectivity index (χ4n) is 2.58. The molecule has 2 aromatic rings. The highest BCUT2D eigenvalue weighted by Gasteiger charge is 2.26. The lowest BCUT2D eigenvalue weighted by Crippen LogP contribution is -2.35. The Morgan fingerprint density at radius 3 is 2.85 bits per heavy atom. The molecule has 0 saturated carbocycles. The van der Waals surface area contributed by atoms with E-state index in [1.807, 2.05) is 41.5 Å². The Morgan fingerprint density at radius 1 is 1.35 bits per heavy atom. The summed E-state index contributed by atoms with van der Waals surface area (Å²) in [6, 6.07) is 7.80. The molecule has 0 fully saturated rings. The summed E-state index contributed by atoms with van der Waals surface area (Å²) in [6.45, 7) is 2.75. The number of thiophene rings is 1. The zero-order valence-corrected chi connectivity index (χ0v) is 12.9. The molecule has 0 unspecified atom stereocenters. The second-order valence-corrected chi connectivity index (χ2v) is 5.75. The fourth-order valence-corrected chi connectivity index (χ4v) is 3.45. The van der Waals surface area contributed by atoms with Gasteiger partial charge in [0.15, 0.2) is 0 Å². The summed E-state index contributed by atoms with van der Waals surface area (Å²) in [5.41, 5.74) is 9.94. The minimum absolute atomic E-state index is 0. The number of aryl methyl sites for hydroxylation is 1. The second-order valence-electron chi connectivity index (χ2n) is 4.84. The first-order valence-electron chi connectivity index (χ1n) is 6.42. The zero-order chi connectivity index (χ0) is 13.4. The molecule has 106 valence electrons. The first-order valence-corrected chi connectivity index (χ1v) is 7.30. The van der Waals surface area contributed by atoms with Crippen molar-refractivity contribution in [1.29, 1.82) is 0 Å². The van der Waals surface area contributed by atoms with Gasteiger partial charge in [-0.2, -0.15) is 0 Å². The number of fused-ring (bicyclic) bond motifs is 1. The number of carbonyl (C=O) groups is 1. The number of halogens is 1. The Kier molecular flexibility index (Phi) is 4.35. The highest BCUT2D eigenvalue weighted by Crippen LogP contribution is 2.33. The molecule has 1 aliphatic rings. The number of rotatable bonds is 1. The van der Waals surface area contributed by atoms with Gasteiger partial charge in [-0.05, 0) is 54.5 Å². The SMILES string of the molecule is Cc1ccsc1C(=O)N1CCCc2c(N)cccc21.Cl. The van der Waals surface area contributed by atoms with Crippen LogP contribution in [0.15, 0.2) is 29.6 Å². The largest absolute Gasteiger partial charge is 0.398 e. The van der Waals surface area contributed by atoms with Crippen LogP contribution in [0.4, 0.5) is 11.4 Å². The normalized spacial score (nSPS) is 13.6. The van der Waals surface area contributed by atoms with Gasteiger partial charge in [0, 0.05) is 17.9 Å². The Morgan fingerprint density at radius 2 is 2.15 bits per heavy atom. The summed E-state index contributed by atoms with van der Waals surface area (Å²) < 4.78 is 0. The molecule has 0 spiro atoms. The van der Waals surface area contributed by atoms with Crippen molar-refractivity contribution in [2.45, 2.75) is 19.8 Å². The number of nitrogens with zero attached hydrogens (tertiary/aromatic N) is 1. The summed E-state index contributed by atoms with van der Waals surface area (Å²) >= 11 is 1.51. The van der Waals surface area contributed by atoms with E-state index < -0.39 is 0 Å². The number of benzene rings is 1. The van der Waals surface area contributed by atoms with Crippen LogP contribution >= 0.6 is 23.7 Å². The monoisotopic (exact) mass is 308 g/mol. The van der Waals surface area contributed by atoms with Crippen molar-refractivity contribution in [2.24, 2.45) is 0 Å². The van der Waals surface area contributed by atoms with E-state index in [9.17, 15) is 4.79 Å². The maximum absolute atomic E-state index is 12.7. The molecule has 3 rings (SSSR count). The number of nitrogens with two attached hydrogens (primary N) is 1. The number of carbonyl (C=O) groups excluding carboxylic acids is 1. The lowest BCUT2D eigenvalue weighted by atomic mass is 9.99. The molecule has 0 radical (unpaired) electrons. The van der Waals surface area contributed by atoms with Crippen LogP contribution in [0, 0.1) is 6.92 Å². The van der Waals surface area contributed by atoms with Gasteiger partial charge >= 0.3 is 0 Å². The molecule has 0 aliphatic carbocycles. The van der Waals surface area contributed by atoms with Gasteiger partial charge in [-0.25, -0.2) is 0 Å². The number of amides is 1. The first kappa shape index (κ1) is 14.9. The van der Waals surface area contributed by atoms with Gasteiger partial charge < -0.3 is 10.6 Å². The van der Waals surface area contributed by atoms with E-state index in [0.29, 0.717) is 0 Å². The van der Waals surface area contributed by atoms with E-state index in [2.05, 4.69) is 0 Å². The van der Waals surface area contributed by atoms with Gasteiger partial charge in [-0.3, -0.25) is 4.79 Å². The van der Waals surface area contributed by atoms with E-state index >= 15 is 0 Å². The van der Waals surface area contributed by atoms with Gasteiger partial charge in [-0.1, -0.05) is 6.07 Å². The summed E-state index contributed by atoms with van der Waals surface area (Å²) in [7, 11) is 0. The fraction of sp³-hybridized carbons (Fsp3) is 0.267. The molecule has 1 aliphatic heterocycles. The molecule has 1 aromatic carbocycles. The third kappa shape index (κ3) is 2.41. The highest BCUT2D eigenvalue weighted by molar-refractivity contribution is 7.12. The van der Waals surface area contributed by atoms with E-state index in [-0.39, 0.29) is 18.3 Å². The summed E-state index contributed by atoms with van der Waals surface area (Å²) in [6.07, 6.45) is 1.92. The summed E-state index contributed by atoms with van der Waals surface area (Å²) in [5.74, 6) is 0.0963. The van der Waals surface area contributed by atoms with Crippen molar-refractivity contribution in [3.05, 3.63) is 45.6 Å². The Hall–Kier alpha value is -1.52. The van der Waals surface area contributed by atoms with Crippen LogP contribution in [-0.4, -0.2) is 12.5 Å². The summed E-state index contributed by atoms with van der Waals surface area (Å²) in [4.78, 5) is 15.3. The number of hydrogen-bond donors (Lipinski definition) is 1. The molecule has 0 bridgehead atoms. The summed E-state index contributed by atoms with van der Waals surface area (Å²) in [5, 5.41) is 1.97. The number of hydrogen-bond acceptors (Lipinski definition) is 3. The van der Waals surface area contributed by atoms with E-state index in [1.54, 1.807) is 0 Å². The number of nitrogen functional groups attached to an aromatic ring is 1. The van der Waals surface area contributed by atoms with Crippen LogP contribution in [0.2, 0.25) is 0 Å². The van der Waals surface area contributed by atoms with Gasteiger partial charge in [-0.15, -0.1) is 23.7 Å². The first-order chi connectivity index (χ1) is 9.18. The quantitative estimate of drug-likeness (QED) is 0.817. The second kappa shape index (κ2) is 5.85. The maximum Gasteiger partial charge on any atom is 0.268 e. The molecule has 2 heterocycles. The van der Waals surface area contributed by atoms with Crippen LogP contribution in [0.5, 0.6) is 0 Å². The van der Waals surface area contributed by atoms with Crippen molar-refractivity contribution in [3.8, 4) is 0 Å². The van der Waals surface area contributed by atoms with Crippen LogP contribution in [-0.2, 0) is 6.42 Å². The van der Waals surface area contributed by atoms with Gasteiger partial charge in [0.05, 0.1) is 4.88 Å². The van der Waals surface area contributed by atoms with Gasteiger partial charge in [0.1, 0.15) is 0 Å². The molecule has 20 heavy (non-hydrogen) atoms. The third-order valence-corrected chi connectivity index (χ3v) is 4.59. The van der Waals surface area contributed by atoms with Crippen molar-refractivity contribution in [1.82, 2.24) is 0 Å². The Bertz CT molecular complexity index is 639. The average molecular weight is 309 g/mol. The van der Waals surface area contributed by atoms with Crippen LogP contribution in [0.3, 0.4) is 0 Å². The molecular weight excluding hydrogens is 292 g/mol.